The van der Waals surface area contributed by atoms with E-state index in [1.54, 1.807) is 0 Å². The Bertz CT molecular complexity index is 239. The first kappa shape index (κ1) is 13.1. The average Bonchev–Trinajstić information content (AvgIpc) is 2.50. The van der Waals surface area contributed by atoms with Crippen molar-refractivity contribution < 1.29 is 4.79 Å². The van der Waals surface area contributed by atoms with Gasteiger partial charge in [-0.3, -0.25) is 0 Å². The molecule has 0 unspecified atom stereocenters. The SMILES string of the molecule is CN(CC1CCC1)CC1(C=O)CCCCCC1. The van der Waals surface area contributed by atoms with Gasteiger partial charge in [0.1, 0.15) is 6.29 Å². The minimum atomic E-state index is -0.0189. The second kappa shape index (κ2) is 5.99. The molecule has 0 heterocycles. The van der Waals surface area contributed by atoms with Crippen LogP contribution in [0.15, 0.2) is 0 Å². The zero-order chi connectivity index (χ0) is 12.1. The van der Waals surface area contributed by atoms with Crippen LogP contribution in [0.25, 0.3) is 0 Å². The van der Waals surface area contributed by atoms with E-state index in [0.717, 1.165) is 25.3 Å². The zero-order valence-electron chi connectivity index (χ0n) is 11.3. The van der Waals surface area contributed by atoms with Crippen molar-refractivity contribution in [1.82, 2.24) is 4.90 Å². The Labute approximate surface area is 106 Å². The number of hydrogen-bond donors (Lipinski definition) is 0. The highest BCUT2D eigenvalue weighted by Gasteiger charge is 2.32. The molecule has 2 rings (SSSR count). The minimum absolute atomic E-state index is 0.0189. The second-order valence-electron chi connectivity index (χ2n) is 6.39. The minimum Gasteiger partial charge on any atom is -0.305 e. The lowest BCUT2D eigenvalue weighted by atomic mass is 9.80. The Balaban J connectivity index is 1.85. The molecule has 0 atom stereocenters. The number of hydrogen-bond acceptors (Lipinski definition) is 2. The van der Waals surface area contributed by atoms with E-state index < -0.39 is 0 Å². The number of aldehydes is 1. The van der Waals surface area contributed by atoms with Crippen molar-refractivity contribution in [2.24, 2.45) is 11.3 Å². The first-order chi connectivity index (χ1) is 8.24. The molecule has 2 nitrogen and oxygen atoms in total. The fourth-order valence-corrected chi connectivity index (χ4v) is 3.46. The highest BCUT2D eigenvalue weighted by atomic mass is 16.1. The van der Waals surface area contributed by atoms with Crippen molar-refractivity contribution in [3.8, 4) is 0 Å². The molecular weight excluding hydrogens is 210 g/mol. The van der Waals surface area contributed by atoms with Crippen molar-refractivity contribution in [3.63, 3.8) is 0 Å². The van der Waals surface area contributed by atoms with Gasteiger partial charge in [-0.25, -0.2) is 0 Å². The van der Waals surface area contributed by atoms with Gasteiger partial charge in [0.2, 0.25) is 0 Å². The summed E-state index contributed by atoms with van der Waals surface area (Å²) in [6.07, 6.45) is 12.9. The van der Waals surface area contributed by atoms with Gasteiger partial charge in [0.15, 0.2) is 0 Å². The molecule has 0 N–H and O–H groups in total. The summed E-state index contributed by atoms with van der Waals surface area (Å²) >= 11 is 0. The topological polar surface area (TPSA) is 20.3 Å². The van der Waals surface area contributed by atoms with Gasteiger partial charge in [-0.15, -0.1) is 0 Å². The Kier molecular flexibility index (Phi) is 4.61. The second-order valence-corrected chi connectivity index (χ2v) is 6.39. The monoisotopic (exact) mass is 237 g/mol. The highest BCUT2D eigenvalue weighted by Crippen LogP contribution is 2.35. The molecule has 2 aliphatic rings. The van der Waals surface area contributed by atoms with Crippen molar-refractivity contribution in [2.45, 2.75) is 57.8 Å². The van der Waals surface area contributed by atoms with E-state index in [-0.39, 0.29) is 5.41 Å². The van der Waals surface area contributed by atoms with Gasteiger partial charge in [-0.2, -0.15) is 0 Å². The number of carbonyl (C=O) groups is 1. The lowest BCUT2D eigenvalue weighted by Gasteiger charge is -2.35. The van der Waals surface area contributed by atoms with Crippen molar-refractivity contribution in [2.75, 3.05) is 20.1 Å². The van der Waals surface area contributed by atoms with E-state index in [9.17, 15) is 4.79 Å². The quantitative estimate of drug-likeness (QED) is 0.540. The predicted molar refractivity (Wildman–Crippen MR) is 71.0 cm³/mol. The molecule has 0 radical (unpaired) electrons. The summed E-state index contributed by atoms with van der Waals surface area (Å²) in [5, 5.41) is 0. The number of rotatable bonds is 5. The largest absolute Gasteiger partial charge is 0.305 e. The first-order valence-electron chi connectivity index (χ1n) is 7.39. The number of carbonyl (C=O) groups excluding carboxylic acids is 1. The van der Waals surface area contributed by atoms with Crippen LogP contribution in [0.5, 0.6) is 0 Å². The summed E-state index contributed by atoms with van der Waals surface area (Å²) in [7, 11) is 2.20. The van der Waals surface area contributed by atoms with Gasteiger partial charge in [0, 0.05) is 18.5 Å². The van der Waals surface area contributed by atoms with Gasteiger partial charge in [-0.05, 0) is 38.6 Å². The van der Waals surface area contributed by atoms with Gasteiger partial charge in [-0.1, -0.05) is 32.1 Å². The molecule has 2 aliphatic carbocycles. The van der Waals surface area contributed by atoms with Crippen LogP contribution in [0.2, 0.25) is 0 Å². The van der Waals surface area contributed by atoms with Crippen molar-refractivity contribution >= 4 is 6.29 Å². The molecule has 98 valence electrons. The van der Waals surface area contributed by atoms with Crippen LogP contribution >= 0.6 is 0 Å². The highest BCUT2D eigenvalue weighted by molar-refractivity contribution is 5.59. The van der Waals surface area contributed by atoms with E-state index in [1.807, 2.05) is 0 Å². The molecule has 0 aromatic heterocycles. The molecule has 0 saturated heterocycles. The molecule has 0 aliphatic heterocycles. The van der Waals surface area contributed by atoms with E-state index in [1.165, 1.54) is 57.8 Å². The summed E-state index contributed by atoms with van der Waals surface area (Å²) in [4.78, 5) is 13.9. The molecule has 0 aromatic carbocycles. The third-order valence-corrected chi connectivity index (χ3v) is 4.73. The van der Waals surface area contributed by atoms with Crippen molar-refractivity contribution in [1.29, 1.82) is 0 Å². The summed E-state index contributed by atoms with van der Waals surface area (Å²) in [5.41, 5.74) is -0.0189. The summed E-state index contributed by atoms with van der Waals surface area (Å²) < 4.78 is 0. The normalized spacial score (nSPS) is 25.3. The fourth-order valence-electron chi connectivity index (χ4n) is 3.46. The molecule has 17 heavy (non-hydrogen) atoms. The molecule has 0 bridgehead atoms. The molecular formula is C15H27NO. The Morgan fingerprint density at radius 2 is 1.76 bits per heavy atom. The van der Waals surface area contributed by atoms with Gasteiger partial charge >= 0.3 is 0 Å². The third-order valence-electron chi connectivity index (χ3n) is 4.73. The molecule has 2 fully saturated rings. The summed E-state index contributed by atoms with van der Waals surface area (Å²) in [6, 6.07) is 0. The van der Waals surface area contributed by atoms with Crippen LogP contribution in [-0.2, 0) is 4.79 Å². The van der Waals surface area contributed by atoms with Gasteiger partial charge in [0.25, 0.3) is 0 Å². The predicted octanol–water partition coefficient (Wildman–Crippen LogP) is 3.26. The average molecular weight is 237 g/mol. The summed E-state index contributed by atoms with van der Waals surface area (Å²) in [6.45, 7) is 2.20. The van der Waals surface area contributed by atoms with Crippen molar-refractivity contribution in [3.05, 3.63) is 0 Å². The Morgan fingerprint density at radius 1 is 1.12 bits per heavy atom. The molecule has 2 saturated carbocycles. The van der Waals surface area contributed by atoms with Crippen LogP contribution in [0.1, 0.15) is 57.8 Å². The maximum Gasteiger partial charge on any atom is 0.127 e. The van der Waals surface area contributed by atoms with E-state index in [0.29, 0.717) is 0 Å². The van der Waals surface area contributed by atoms with Gasteiger partial charge < -0.3 is 9.69 Å². The Morgan fingerprint density at radius 3 is 2.24 bits per heavy atom. The maximum absolute atomic E-state index is 11.5. The summed E-state index contributed by atoms with van der Waals surface area (Å²) in [5.74, 6) is 0.912. The van der Waals surface area contributed by atoms with Gasteiger partial charge in [0.05, 0.1) is 0 Å². The maximum atomic E-state index is 11.5. The van der Waals surface area contributed by atoms with Crippen LogP contribution < -0.4 is 0 Å². The van der Waals surface area contributed by atoms with Crippen LogP contribution in [0.3, 0.4) is 0 Å². The first-order valence-corrected chi connectivity index (χ1v) is 7.39. The third kappa shape index (κ3) is 3.54. The van der Waals surface area contributed by atoms with Crippen LogP contribution in [-0.4, -0.2) is 31.3 Å². The van der Waals surface area contributed by atoms with E-state index in [4.69, 9.17) is 0 Å². The molecule has 2 heteroatoms. The lowest BCUT2D eigenvalue weighted by Crippen LogP contribution is -2.40. The standard InChI is InChI=1S/C15H27NO/c1-16(11-14-7-6-8-14)12-15(13-17)9-4-2-3-5-10-15/h13-14H,2-12H2,1H3. The number of nitrogens with zero attached hydrogens (tertiary/aromatic N) is 1. The molecule has 0 aromatic rings. The van der Waals surface area contributed by atoms with E-state index in [2.05, 4.69) is 11.9 Å². The zero-order valence-corrected chi connectivity index (χ0v) is 11.3. The molecule has 0 spiro atoms. The fraction of sp³-hybridized carbons (Fsp3) is 0.933. The Hall–Kier alpha value is -0.370. The molecule has 0 amide bonds. The smallest absolute Gasteiger partial charge is 0.127 e. The van der Waals surface area contributed by atoms with Crippen LogP contribution in [0.4, 0.5) is 0 Å². The lowest BCUT2D eigenvalue weighted by molar-refractivity contribution is -0.118. The van der Waals surface area contributed by atoms with Crippen LogP contribution in [0, 0.1) is 11.3 Å². The van der Waals surface area contributed by atoms with E-state index >= 15 is 0 Å².